The largest absolute Gasteiger partial charge is 0.487 e. The molecule has 2 heterocycles. The van der Waals surface area contributed by atoms with Crippen LogP contribution in [0.3, 0.4) is 0 Å². The normalized spacial score (nSPS) is 17.1. The van der Waals surface area contributed by atoms with Gasteiger partial charge in [0.05, 0.1) is 24.0 Å². The third kappa shape index (κ3) is 2.76. The number of nitrogens with zero attached hydrogens (tertiary/aromatic N) is 3. The summed E-state index contributed by atoms with van der Waals surface area (Å²) in [5.41, 5.74) is -0.0649. The topological polar surface area (TPSA) is 47.4 Å². The van der Waals surface area contributed by atoms with E-state index >= 15 is 0 Å². The highest BCUT2D eigenvalue weighted by molar-refractivity contribution is 6.31. The minimum absolute atomic E-state index is 0.123. The zero-order valence-electron chi connectivity index (χ0n) is 12.5. The second-order valence-corrected chi connectivity index (χ2v) is 5.76. The van der Waals surface area contributed by atoms with Crippen LogP contribution in [0.25, 0.3) is 0 Å². The Kier molecular flexibility index (Phi) is 3.97. The quantitative estimate of drug-likeness (QED) is 0.840. The minimum atomic E-state index is -2.79. The highest BCUT2D eigenvalue weighted by Crippen LogP contribution is 2.37. The van der Waals surface area contributed by atoms with Crippen LogP contribution >= 0.6 is 11.6 Å². The predicted octanol–water partition coefficient (Wildman–Crippen LogP) is 3.44. The van der Waals surface area contributed by atoms with Gasteiger partial charge in [-0.25, -0.2) is 8.78 Å². The number of amides is 1. The fraction of sp³-hybridized carbons (Fsp3) is 0.333. The van der Waals surface area contributed by atoms with Gasteiger partial charge >= 0.3 is 0 Å². The van der Waals surface area contributed by atoms with Crippen molar-refractivity contribution in [2.75, 3.05) is 11.4 Å². The Morgan fingerprint density at radius 3 is 2.91 bits per heavy atom. The van der Waals surface area contributed by atoms with Gasteiger partial charge in [0, 0.05) is 12.1 Å². The van der Waals surface area contributed by atoms with E-state index in [-0.39, 0.29) is 18.2 Å². The molecule has 8 heteroatoms. The number of ether oxygens (including phenoxy) is 1. The van der Waals surface area contributed by atoms with Crippen LogP contribution in [0.4, 0.5) is 14.5 Å². The lowest BCUT2D eigenvalue weighted by Gasteiger charge is -2.33. The molecule has 0 N–H and O–H groups in total. The highest BCUT2D eigenvalue weighted by atomic mass is 35.5. The van der Waals surface area contributed by atoms with Gasteiger partial charge in [-0.15, -0.1) is 0 Å². The summed E-state index contributed by atoms with van der Waals surface area (Å²) in [7, 11) is 1.38. The first-order chi connectivity index (χ1) is 10.9. The molecule has 23 heavy (non-hydrogen) atoms. The Labute approximate surface area is 136 Å². The number of aromatic nitrogens is 2. The molecule has 0 saturated heterocycles. The second kappa shape index (κ2) is 5.81. The maximum Gasteiger partial charge on any atom is 0.280 e. The number of halogens is 3. The zero-order valence-corrected chi connectivity index (χ0v) is 13.2. The van der Waals surface area contributed by atoms with Crippen LogP contribution in [0.5, 0.6) is 5.75 Å². The summed E-state index contributed by atoms with van der Waals surface area (Å²) in [6.45, 7) is 2.04. The van der Waals surface area contributed by atoms with Crippen LogP contribution in [0.1, 0.15) is 29.4 Å². The van der Waals surface area contributed by atoms with E-state index in [1.54, 1.807) is 25.1 Å². The third-order valence-electron chi connectivity index (χ3n) is 3.65. The number of alkyl halides is 2. The Hall–Kier alpha value is -2.15. The maximum absolute atomic E-state index is 13.2. The average Bonchev–Trinajstić information content (AvgIpc) is 2.88. The van der Waals surface area contributed by atoms with Crippen LogP contribution in [-0.4, -0.2) is 28.3 Å². The van der Waals surface area contributed by atoms with Crippen LogP contribution < -0.4 is 9.64 Å². The summed E-state index contributed by atoms with van der Waals surface area (Å²) in [4.78, 5) is 14.2. The molecule has 0 fully saturated rings. The number of rotatable bonds is 2. The molecule has 1 aromatic heterocycles. The molecule has 5 nitrogen and oxygen atoms in total. The van der Waals surface area contributed by atoms with Crippen molar-refractivity contribution in [2.24, 2.45) is 7.05 Å². The molecule has 1 aromatic carbocycles. The van der Waals surface area contributed by atoms with Crippen molar-refractivity contribution >= 4 is 23.2 Å². The molecule has 2 aromatic rings. The standard InChI is InChI=1S/C15H14ClF2N3O2/c1-8-7-21(11-5-9(16)3-4-12(11)23-8)15(22)10-6-19-20(2)13(10)14(17)18/h3-6,8,14H,7H2,1-2H3/t8-/m0/s1. The van der Waals surface area contributed by atoms with Crippen LogP contribution in [-0.2, 0) is 7.05 Å². The van der Waals surface area contributed by atoms with E-state index in [1.165, 1.54) is 11.9 Å². The first-order valence-corrected chi connectivity index (χ1v) is 7.34. The van der Waals surface area contributed by atoms with Gasteiger partial charge in [0.15, 0.2) is 0 Å². The number of hydrogen-bond acceptors (Lipinski definition) is 3. The molecule has 0 unspecified atom stereocenters. The summed E-state index contributed by atoms with van der Waals surface area (Å²) < 4.78 is 33.1. The van der Waals surface area contributed by atoms with E-state index in [9.17, 15) is 13.6 Å². The lowest BCUT2D eigenvalue weighted by Crippen LogP contribution is -2.42. The highest BCUT2D eigenvalue weighted by Gasteiger charge is 2.32. The first-order valence-electron chi connectivity index (χ1n) is 6.96. The van der Waals surface area contributed by atoms with E-state index in [0.29, 0.717) is 16.5 Å². The molecule has 3 rings (SSSR count). The van der Waals surface area contributed by atoms with Gasteiger partial charge in [-0.1, -0.05) is 11.6 Å². The Morgan fingerprint density at radius 1 is 1.48 bits per heavy atom. The van der Waals surface area contributed by atoms with Gasteiger partial charge in [0.2, 0.25) is 0 Å². The van der Waals surface area contributed by atoms with E-state index in [1.807, 2.05) is 0 Å². The fourth-order valence-corrected chi connectivity index (χ4v) is 2.79. The molecule has 0 aliphatic carbocycles. The molecule has 1 aliphatic rings. The predicted molar refractivity (Wildman–Crippen MR) is 81.4 cm³/mol. The van der Waals surface area contributed by atoms with Crippen LogP contribution in [0.2, 0.25) is 5.02 Å². The molecule has 0 spiro atoms. The average molecular weight is 342 g/mol. The number of aryl methyl sites for hydroxylation is 1. The van der Waals surface area contributed by atoms with Crippen molar-refractivity contribution in [3.05, 3.63) is 40.7 Å². The number of benzene rings is 1. The van der Waals surface area contributed by atoms with Crippen LogP contribution in [0.15, 0.2) is 24.4 Å². The van der Waals surface area contributed by atoms with Crippen molar-refractivity contribution in [2.45, 2.75) is 19.5 Å². The number of carbonyl (C=O) groups is 1. The Balaban J connectivity index is 2.06. The fourth-order valence-electron chi connectivity index (χ4n) is 2.62. The lowest BCUT2D eigenvalue weighted by molar-refractivity contribution is 0.0944. The number of carbonyl (C=O) groups excluding carboxylic acids is 1. The van der Waals surface area contributed by atoms with E-state index in [2.05, 4.69) is 5.10 Å². The van der Waals surface area contributed by atoms with Gasteiger partial charge in [-0.05, 0) is 25.1 Å². The summed E-state index contributed by atoms with van der Waals surface area (Å²) in [6.07, 6.45) is -1.90. The lowest BCUT2D eigenvalue weighted by atomic mass is 10.1. The third-order valence-corrected chi connectivity index (χ3v) is 3.88. The molecular formula is C15H14ClF2N3O2. The molecular weight excluding hydrogens is 328 g/mol. The number of fused-ring (bicyclic) bond motifs is 1. The van der Waals surface area contributed by atoms with Crippen molar-refractivity contribution in [1.29, 1.82) is 0 Å². The Bertz CT molecular complexity index is 763. The summed E-state index contributed by atoms with van der Waals surface area (Å²) in [6, 6.07) is 4.89. The smallest absolute Gasteiger partial charge is 0.280 e. The molecule has 1 atom stereocenters. The molecule has 0 bridgehead atoms. The van der Waals surface area contributed by atoms with Gasteiger partial charge in [0.1, 0.15) is 17.5 Å². The monoisotopic (exact) mass is 341 g/mol. The van der Waals surface area contributed by atoms with Gasteiger partial charge in [-0.3, -0.25) is 9.48 Å². The van der Waals surface area contributed by atoms with Gasteiger partial charge in [0.25, 0.3) is 12.3 Å². The van der Waals surface area contributed by atoms with Crippen LogP contribution in [0, 0.1) is 0 Å². The molecule has 1 aliphatic heterocycles. The second-order valence-electron chi connectivity index (χ2n) is 5.32. The van der Waals surface area contributed by atoms with E-state index < -0.39 is 18.0 Å². The van der Waals surface area contributed by atoms with E-state index in [4.69, 9.17) is 16.3 Å². The zero-order chi connectivity index (χ0) is 16.7. The molecule has 0 saturated carbocycles. The van der Waals surface area contributed by atoms with E-state index in [0.717, 1.165) is 10.9 Å². The van der Waals surface area contributed by atoms with Crippen molar-refractivity contribution in [3.8, 4) is 5.75 Å². The SMILES string of the molecule is C[C@H]1CN(C(=O)c2cnn(C)c2C(F)F)c2cc(Cl)ccc2O1. The molecule has 122 valence electrons. The number of anilines is 1. The molecule has 0 radical (unpaired) electrons. The first kappa shape index (κ1) is 15.7. The Morgan fingerprint density at radius 2 is 2.22 bits per heavy atom. The van der Waals surface area contributed by atoms with Crippen molar-refractivity contribution < 1.29 is 18.3 Å². The number of hydrogen-bond donors (Lipinski definition) is 0. The van der Waals surface area contributed by atoms with Crippen molar-refractivity contribution in [1.82, 2.24) is 9.78 Å². The summed E-state index contributed by atoms with van der Waals surface area (Å²) >= 11 is 5.98. The maximum atomic E-state index is 13.2. The van der Waals surface area contributed by atoms with Crippen molar-refractivity contribution in [3.63, 3.8) is 0 Å². The summed E-state index contributed by atoms with van der Waals surface area (Å²) in [5.74, 6) is -0.0592. The summed E-state index contributed by atoms with van der Waals surface area (Å²) in [5, 5.41) is 4.21. The van der Waals surface area contributed by atoms with Gasteiger partial charge < -0.3 is 9.64 Å². The molecule has 1 amide bonds. The van der Waals surface area contributed by atoms with Gasteiger partial charge in [-0.2, -0.15) is 5.10 Å². The minimum Gasteiger partial charge on any atom is -0.487 e.